The second-order valence-corrected chi connectivity index (χ2v) is 6.44. The number of carbonyl (C=O) groups is 3. The predicted octanol–water partition coefficient (Wildman–Crippen LogP) is 2.60. The molecule has 2 fully saturated rings. The normalized spacial score (nSPS) is 22.4. The Labute approximate surface area is 143 Å². The fourth-order valence-corrected chi connectivity index (χ4v) is 3.54. The Balaban J connectivity index is 2.11. The summed E-state index contributed by atoms with van der Waals surface area (Å²) in [5.74, 6) is -3.19. The average Bonchev–Trinajstić information content (AvgIpc) is 2.55. The van der Waals surface area contributed by atoms with Crippen LogP contribution in [0.4, 0.5) is 14.5 Å². The van der Waals surface area contributed by atoms with Crippen molar-refractivity contribution in [2.24, 2.45) is 0 Å². The molecule has 1 aromatic rings. The number of ketones is 3. The maximum atomic E-state index is 13.8. The highest BCUT2D eigenvalue weighted by molar-refractivity contribution is 6.17. The first-order chi connectivity index (χ1) is 11.9. The topological polar surface area (TPSA) is 78.3 Å². The Kier molecular flexibility index (Phi) is 4.74. The van der Waals surface area contributed by atoms with Gasteiger partial charge in [0.05, 0.1) is 0 Å². The SMILES string of the molecule is N=C1CCCC(=O)C1N(c1ccc(F)c(F)c1)C1C(=O)CCCC1=O. The summed E-state index contributed by atoms with van der Waals surface area (Å²) >= 11 is 0. The molecule has 0 bridgehead atoms. The van der Waals surface area contributed by atoms with E-state index in [4.69, 9.17) is 5.41 Å². The summed E-state index contributed by atoms with van der Waals surface area (Å²) in [6.07, 6.45) is 1.94. The molecule has 5 nitrogen and oxygen atoms in total. The summed E-state index contributed by atoms with van der Waals surface area (Å²) in [5, 5.41) is 8.15. The van der Waals surface area contributed by atoms with E-state index in [0.717, 1.165) is 12.1 Å². The van der Waals surface area contributed by atoms with Crippen LogP contribution in [0, 0.1) is 17.0 Å². The number of rotatable bonds is 3. The van der Waals surface area contributed by atoms with Gasteiger partial charge >= 0.3 is 0 Å². The molecular formula is C18H18F2N2O3. The van der Waals surface area contributed by atoms with Gasteiger partial charge in [-0.15, -0.1) is 0 Å². The molecule has 2 aliphatic carbocycles. The lowest BCUT2D eigenvalue weighted by Gasteiger charge is -2.40. The van der Waals surface area contributed by atoms with Crippen molar-refractivity contribution in [2.75, 3.05) is 4.90 Å². The van der Waals surface area contributed by atoms with Crippen LogP contribution in [-0.4, -0.2) is 35.1 Å². The van der Waals surface area contributed by atoms with Gasteiger partial charge in [0.2, 0.25) is 0 Å². The fourth-order valence-electron chi connectivity index (χ4n) is 3.54. The van der Waals surface area contributed by atoms with E-state index in [2.05, 4.69) is 0 Å². The molecule has 0 aliphatic heterocycles. The minimum Gasteiger partial charge on any atom is -0.340 e. The van der Waals surface area contributed by atoms with E-state index in [1.54, 1.807) is 0 Å². The fraction of sp³-hybridized carbons (Fsp3) is 0.444. The van der Waals surface area contributed by atoms with Crippen molar-refractivity contribution in [1.82, 2.24) is 0 Å². The highest BCUT2D eigenvalue weighted by Crippen LogP contribution is 2.30. The van der Waals surface area contributed by atoms with Gasteiger partial charge in [0.1, 0.15) is 12.1 Å². The van der Waals surface area contributed by atoms with Crippen LogP contribution in [0.15, 0.2) is 18.2 Å². The molecule has 132 valence electrons. The molecule has 1 unspecified atom stereocenters. The predicted molar refractivity (Wildman–Crippen MR) is 86.9 cm³/mol. The van der Waals surface area contributed by atoms with E-state index in [-0.39, 0.29) is 48.0 Å². The Bertz CT molecular complexity index is 693. The van der Waals surface area contributed by atoms with Gasteiger partial charge in [0, 0.05) is 36.7 Å². The zero-order valence-electron chi connectivity index (χ0n) is 13.6. The number of nitrogens with one attached hydrogen (secondary N) is 1. The molecule has 25 heavy (non-hydrogen) atoms. The number of carbonyl (C=O) groups excluding carboxylic acids is 3. The number of nitrogens with zero attached hydrogens (tertiary/aromatic N) is 1. The largest absolute Gasteiger partial charge is 0.340 e. The molecule has 0 spiro atoms. The third-order valence-electron chi connectivity index (χ3n) is 4.72. The monoisotopic (exact) mass is 348 g/mol. The van der Waals surface area contributed by atoms with Crippen molar-refractivity contribution in [3.05, 3.63) is 29.8 Å². The molecule has 1 aromatic carbocycles. The Morgan fingerprint density at radius 1 is 0.840 bits per heavy atom. The van der Waals surface area contributed by atoms with Gasteiger partial charge < -0.3 is 10.3 Å². The zero-order chi connectivity index (χ0) is 18.1. The third kappa shape index (κ3) is 3.23. The minimum absolute atomic E-state index is 0.0671. The number of halogens is 2. The van der Waals surface area contributed by atoms with Crippen LogP contribution >= 0.6 is 0 Å². The number of anilines is 1. The molecule has 7 heteroatoms. The van der Waals surface area contributed by atoms with Crippen LogP contribution in [0.2, 0.25) is 0 Å². The van der Waals surface area contributed by atoms with Crippen molar-refractivity contribution in [3.8, 4) is 0 Å². The molecule has 0 aromatic heterocycles. The standard InChI is InChI=1S/C18H18F2N2O3/c19-11-8-7-10(9-12(11)20)22(17-13(21)3-1-4-14(17)23)18-15(24)5-2-6-16(18)25/h7-9,17-18,21H,1-6H2. The molecule has 1 N–H and O–H groups in total. The molecule has 3 rings (SSSR count). The summed E-state index contributed by atoms with van der Waals surface area (Å²) in [6, 6.07) is 0.690. The first kappa shape index (κ1) is 17.4. The average molecular weight is 348 g/mol. The Morgan fingerprint density at radius 3 is 1.96 bits per heavy atom. The molecule has 0 heterocycles. The van der Waals surface area contributed by atoms with Crippen molar-refractivity contribution >= 4 is 28.7 Å². The number of hydrogen-bond acceptors (Lipinski definition) is 5. The maximum absolute atomic E-state index is 13.8. The van der Waals surface area contributed by atoms with Gasteiger partial charge in [0.25, 0.3) is 0 Å². The summed E-state index contributed by atoms with van der Waals surface area (Å²) in [5.41, 5.74) is 0.157. The van der Waals surface area contributed by atoms with Crippen LogP contribution in [0.1, 0.15) is 38.5 Å². The second kappa shape index (κ2) is 6.82. The van der Waals surface area contributed by atoms with E-state index in [1.165, 1.54) is 11.0 Å². The Hall–Kier alpha value is -2.44. The first-order valence-electron chi connectivity index (χ1n) is 8.29. The van der Waals surface area contributed by atoms with E-state index in [9.17, 15) is 23.2 Å². The smallest absolute Gasteiger partial charge is 0.162 e. The first-order valence-corrected chi connectivity index (χ1v) is 8.29. The highest BCUT2D eigenvalue weighted by Gasteiger charge is 2.43. The lowest BCUT2D eigenvalue weighted by Crippen LogP contribution is -2.59. The maximum Gasteiger partial charge on any atom is 0.162 e. The van der Waals surface area contributed by atoms with E-state index in [0.29, 0.717) is 19.3 Å². The Morgan fingerprint density at radius 2 is 1.40 bits per heavy atom. The zero-order valence-corrected chi connectivity index (χ0v) is 13.6. The summed E-state index contributed by atoms with van der Waals surface area (Å²) in [7, 11) is 0. The van der Waals surface area contributed by atoms with Gasteiger partial charge in [-0.3, -0.25) is 14.4 Å². The van der Waals surface area contributed by atoms with Crippen molar-refractivity contribution < 1.29 is 23.2 Å². The number of benzene rings is 1. The van der Waals surface area contributed by atoms with Crippen LogP contribution in [0.5, 0.6) is 0 Å². The van der Waals surface area contributed by atoms with Crippen LogP contribution in [0.25, 0.3) is 0 Å². The van der Waals surface area contributed by atoms with Crippen LogP contribution in [0.3, 0.4) is 0 Å². The number of Topliss-reactive ketones (excluding diaryl/α,β-unsaturated/α-hetero) is 3. The van der Waals surface area contributed by atoms with Gasteiger partial charge in [-0.05, 0) is 31.4 Å². The number of hydrogen-bond donors (Lipinski definition) is 1. The van der Waals surface area contributed by atoms with Gasteiger partial charge in [-0.2, -0.15) is 0 Å². The molecular weight excluding hydrogens is 330 g/mol. The van der Waals surface area contributed by atoms with E-state index in [1.807, 2.05) is 0 Å². The molecule has 0 radical (unpaired) electrons. The lowest BCUT2D eigenvalue weighted by atomic mass is 9.85. The van der Waals surface area contributed by atoms with E-state index >= 15 is 0 Å². The third-order valence-corrected chi connectivity index (χ3v) is 4.72. The van der Waals surface area contributed by atoms with Crippen LogP contribution < -0.4 is 4.90 Å². The van der Waals surface area contributed by atoms with Gasteiger partial charge in [-0.1, -0.05) is 0 Å². The van der Waals surface area contributed by atoms with Crippen LogP contribution in [-0.2, 0) is 14.4 Å². The molecule has 2 aliphatic rings. The van der Waals surface area contributed by atoms with Gasteiger partial charge in [-0.25, -0.2) is 8.78 Å². The van der Waals surface area contributed by atoms with Crippen molar-refractivity contribution in [3.63, 3.8) is 0 Å². The lowest BCUT2D eigenvalue weighted by molar-refractivity contribution is -0.131. The second-order valence-electron chi connectivity index (χ2n) is 6.44. The van der Waals surface area contributed by atoms with E-state index < -0.39 is 23.7 Å². The molecule has 2 saturated carbocycles. The minimum atomic E-state index is -1.23. The highest BCUT2D eigenvalue weighted by atomic mass is 19.2. The summed E-state index contributed by atoms with van der Waals surface area (Å²) < 4.78 is 27.1. The molecule has 0 amide bonds. The van der Waals surface area contributed by atoms with Gasteiger partial charge in [0.15, 0.2) is 29.0 Å². The van der Waals surface area contributed by atoms with Crippen molar-refractivity contribution in [2.45, 2.75) is 50.6 Å². The quantitative estimate of drug-likeness (QED) is 0.852. The molecule has 0 saturated heterocycles. The van der Waals surface area contributed by atoms with Crippen molar-refractivity contribution in [1.29, 1.82) is 5.41 Å². The summed E-state index contributed by atoms with van der Waals surface area (Å²) in [6.45, 7) is 0. The summed E-state index contributed by atoms with van der Waals surface area (Å²) in [4.78, 5) is 38.5. The molecule has 1 atom stereocenters.